The molecule has 122 valence electrons. The molecule has 1 aliphatic heterocycles. The molecule has 1 aromatic carbocycles. The lowest BCUT2D eigenvalue weighted by molar-refractivity contribution is 0.101. The van der Waals surface area contributed by atoms with Gasteiger partial charge in [-0.15, -0.1) is 5.10 Å². The first-order chi connectivity index (χ1) is 11.8. The highest BCUT2D eigenvalue weighted by molar-refractivity contribution is 6.02. The van der Waals surface area contributed by atoms with Crippen molar-refractivity contribution < 1.29 is 9.53 Å². The Morgan fingerprint density at radius 1 is 1.21 bits per heavy atom. The van der Waals surface area contributed by atoms with Crippen LogP contribution in [0.4, 0.5) is 5.95 Å². The van der Waals surface area contributed by atoms with E-state index < -0.39 is 0 Å². The summed E-state index contributed by atoms with van der Waals surface area (Å²) in [6, 6.07) is 11.3. The van der Waals surface area contributed by atoms with Crippen LogP contribution in [0.3, 0.4) is 0 Å². The van der Waals surface area contributed by atoms with Gasteiger partial charge in [-0.3, -0.25) is 20.3 Å². The number of H-pyrrole nitrogens is 2. The van der Waals surface area contributed by atoms with Crippen molar-refractivity contribution in [3.8, 4) is 11.3 Å². The Kier molecular flexibility index (Phi) is 3.80. The predicted molar refractivity (Wildman–Crippen MR) is 86.3 cm³/mol. The van der Waals surface area contributed by atoms with Crippen molar-refractivity contribution in [2.45, 2.75) is 18.9 Å². The lowest BCUT2D eigenvalue weighted by atomic mass is 10.1. The van der Waals surface area contributed by atoms with Gasteiger partial charge in [0.1, 0.15) is 11.8 Å². The second-order valence-corrected chi connectivity index (χ2v) is 5.53. The molecule has 1 fully saturated rings. The van der Waals surface area contributed by atoms with Crippen LogP contribution in [0.5, 0.6) is 0 Å². The minimum absolute atomic E-state index is 0.0695. The number of nitrogens with zero attached hydrogens (tertiary/aromatic N) is 3. The van der Waals surface area contributed by atoms with Crippen molar-refractivity contribution in [2.24, 2.45) is 0 Å². The van der Waals surface area contributed by atoms with Gasteiger partial charge in [-0.25, -0.2) is 0 Å². The number of hydrogen-bond acceptors (Lipinski definition) is 5. The minimum atomic E-state index is -0.345. The van der Waals surface area contributed by atoms with Crippen LogP contribution >= 0.6 is 0 Å². The normalized spacial score (nSPS) is 17.1. The fraction of sp³-hybridized carbons (Fsp3) is 0.250. The third-order valence-electron chi connectivity index (χ3n) is 3.85. The zero-order valence-electron chi connectivity index (χ0n) is 12.8. The van der Waals surface area contributed by atoms with E-state index in [1.165, 1.54) is 0 Å². The van der Waals surface area contributed by atoms with Crippen LogP contribution in [0.1, 0.15) is 35.3 Å². The average Bonchev–Trinajstić information content (AvgIpc) is 3.36. The maximum Gasteiger partial charge on any atom is 0.276 e. The molecule has 0 radical (unpaired) electrons. The lowest BCUT2D eigenvalue weighted by Crippen LogP contribution is -2.13. The summed E-state index contributed by atoms with van der Waals surface area (Å²) in [4.78, 5) is 16.5. The second-order valence-electron chi connectivity index (χ2n) is 5.53. The Labute approximate surface area is 137 Å². The van der Waals surface area contributed by atoms with Gasteiger partial charge in [0.25, 0.3) is 5.91 Å². The van der Waals surface area contributed by atoms with E-state index >= 15 is 0 Å². The van der Waals surface area contributed by atoms with Gasteiger partial charge in [0.05, 0.1) is 5.69 Å². The Morgan fingerprint density at radius 3 is 2.88 bits per heavy atom. The SMILES string of the molecule is O=C(Nc1n[nH]c([C@@H]2CCCO2)n1)c1cc(-c2ccccc2)n[nH]1. The van der Waals surface area contributed by atoms with Crippen LogP contribution in [-0.4, -0.2) is 37.9 Å². The maximum absolute atomic E-state index is 12.3. The zero-order valence-corrected chi connectivity index (χ0v) is 12.8. The molecule has 0 spiro atoms. The molecule has 3 heterocycles. The zero-order chi connectivity index (χ0) is 16.4. The van der Waals surface area contributed by atoms with Crippen molar-refractivity contribution in [3.05, 3.63) is 47.9 Å². The molecule has 0 saturated carbocycles. The van der Waals surface area contributed by atoms with Crippen LogP contribution < -0.4 is 5.32 Å². The van der Waals surface area contributed by atoms with Crippen LogP contribution in [0.15, 0.2) is 36.4 Å². The number of nitrogens with one attached hydrogen (secondary N) is 3. The number of carbonyl (C=O) groups excluding carboxylic acids is 1. The van der Waals surface area contributed by atoms with Crippen molar-refractivity contribution >= 4 is 11.9 Å². The number of carbonyl (C=O) groups is 1. The van der Waals surface area contributed by atoms with Gasteiger partial charge in [-0.05, 0) is 18.9 Å². The second kappa shape index (κ2) is 6.25. The number of benzene rings is 1. The molecule has 0 aliphatic carbocycles. The van der Waals surface area contributed by atoms with Gasteiger partial charge >= 0.3 is 0 Å². The number of rotatable bonds is 4. The topological polar surface area (TPSA) is 109 Å². The molecule has 0 unspecified atom stereocenters. The van der Waals surface area contributed by atoms with Gasteiger partial charge < -0.3 is 4.74 Å². The van der Waals surface area contributed by atoms with Crippen LogP contribution in [0, 0.1) is 0 Å². The summed E-state index contributed by atoms with van der Waals surface area (Å²) in [5, 5.41) is 16.4. The Balaban J connectivity index is 1.46. The van der Waals surface area contributed by atoms with Crippen molar-refractivity contribution in [1.29, 1.82) is 0 Å². The molecule has 8 heteroatoms. The molecular weight excluding hydrogens is 308 g/mol. The van der Waals surface area contributed by atoms with E-state index in [9.17, 15) is 4.79 Å². The van der Waals surface area contributed by atoms with Gasteiger partial charge in [-0.1, -0.05) is 30.3 Å². The minimum Gasteiger partial charge on any atom is -0.370 e. The molecule has 1 saturated heterocycles. The number of hydrogen-bond donors (Lipinski definition) is 3. The quantitative estimate of drug-likeness (QED) is 0.682. The molecule has 8 nitrogen and oxygen atoms in total. The Hall–Kier alpha value is -3.00. The number of amides is 1. The summed E-state index contributed by atoms with van der Waals surface area (Å²) < 4.78 is 5.53. The largest absolute Gasteiger partial charge is 0.370 e. The third-order valence-corrected chi connectivity index (χ3v) is 3.85. The lowest BCUT2D eigenvalue weighted by Gasteiger charge is -2.02. The third kappa shape index (κ3) is 2.91. The van der Waals surface area contributed by atoms with E-state index in [0.717, 1.165) is 25.0 Å². The summed E-state index contributed by atoms with van der Waals surface area (Å²) in [7, 11) is 0. The van der Waals surface area contributed by atoms with Crippen LogP contribution in [0.25, 0.3) is 11.3 Å². The van der Waals surface area contributed by atoms with E-state index in [1.54, 1.807) is 6.07 Å². The molecule has 3 aromatic rings. The summed E-state index contributed by atoms with van der Waals surface area (Å²) in [5.41, 5.74) is 1.99. The van der Waals surface area contributed by atoms with Gasteiger partial charge in [0.15, 0.2) is 5.82 Å². The maximum atomic E-state index is 12.3. The summed E-state index contributed by atoms with van der Waals surface area (Å²) >= 11 is 0. The van der Waals surface area contributed by atoms with Crippen LogP contribution in [-0.2, 0) is 4.74 Å². The molecule has 4 rings (SSSR count). The molecule has 0 bridgehead atoms. The van der Waals surface area contributed by atoms with E-state index in [2.05, 4.69) is 30.7 Å². The number of ether oxygens (including phenoxy) is 1. The fourth-order valence-electron chi connectivity index (χ4n) is 2.63. The monoisotopic (exact) mass is 324 g/mol. The first-order valence-corrected chi connectivity index (χ1v) is 7.76. The Bertz CT molecular complexity index is 835. The van der Waals surface area contributed by atoms with Gasteiger partial charge in [0.2, 0.25) is 5.95 Å². The smallest absolute Gasteiger partial charge is 0.276 e. The molecule has 24 heavy (non-hydrogen) atoms. The highest BCUT2D eigenvalue weighted by Gasteiger charge is 2.22. The van der Waals surface area contributed by atoms with E-state index in [1.807, 2.05) is 30.3 Å². The predicted octanol–water partition coefficient (Wildman–Crippen LogP) is 2.30. The standard InChI is InChI=1S/C16H16N6O2/c23-15(12-9-11(19-20-12)10-5-2-1-3-6-10)18-16-17-14(21-22-16)13-7-4-8-24-13/h1-3,5-6,9,13H,4,7-8H2,(H,19,20)(H2,17,18,21,22,23)/t13-/m0/s1. The molecule has 2 aromatic heterocycles. The molecular formula is C16H16N6O2. The number of aromatic amines is 2. The summed E-state index contributed by atoms with van der Waals surface area (Å²) in [5.74, 6) is 0.515. The van der Waals surface area contributed by atoms with Crippen molar-refractivity contribution in [1.82, 2.24) is 25.4 Å². The number of aromatic nitrogens is 5. The van der Waals surface area contributed by atoms with Gasteiger partial charge in [-0.2, -0.15) is 10.1 Å². The first-order valence-electron chi connectivity index (χ1n) is 7.76. The molecule has 1 amide bonds. The highest BCUT2D eigenvalue weighted by atomic mass is 16.5. The average molecular weight is 324 g/mol. The van der Waals surface area contributed by atoms with Crippen LogP contribution in [0.2, 0.25) is 0 Å². The molecule has 1 aliphatic rings. The molecule has 1 atom stereocenters. The van der Waals surface area contributed by atoms with Crippen molar-refractivity contribution in [3.63, 3.8) is 0 Å². The van der Waals surface area contributed by atoms with Crippen molar-refractivity contribution in [2.75, 3.05) is 11.9 Å². The first kappa shape index (κ1) is 14.6. The van der Waals surface area contributed by atoms with E-state index in [-0.39, 0.29) is 18.0 Å². The van der Waals surface area contributed by atoms with Gasteiger partial charge in [0, 0.05) is 12.2 Å². The fourth-order valence-corrected chi connectivity index (χ4v) is 2.63. The highest BCUT2D eigenvalue weighted by Crippen LogP contribution is 2.26. The van der Waals surface area contributed by atoms with E-state index in [4.69, 9.17) is 4.74 Å². The number of anilines is 1. The summed E-state index contributed by atoms with van der Waals surface area (Å²) in [6.07, 6.45) is 1.84. The Morgan fingerprint density at radius 2 is 2.08 bits per heavy atom. The summed E-state index contributed by atoms with van der Waals surface area (Å²) in [6.45, 7) is 0.726. The molecule has 3 N–H and O–H groups in total. The van der Waals surface area contributed by atoms with E-state index in [0.29, 0.717) is 17.2 Å².